The Bertz CT molecular complexity index is 769. The van der Waals surface area contributed by atoms with Crippen LogP contribution in [0.25, 0.3) is 0 Å². The quantitative estimate of drug-likeness (QED) is 0.809. The van der Waals surface area contributed by atoms with Gasteiger partial charge in [-0.2, -0.15) is 9.40 Å². The largest absolute Gasteiger partial charge is 0.369 e. The van der Waals surface area contributed by atoms with Crippen LogP contribution in [0.4, 0.5) is 0 Å². The monoisotopic (exact) mass is 356 g/mol. The summed E-state index contributed by atoms with van der Waals surface area (Å²) < 4.78 is 33.8. The highest BCUT2D eigenvalue weighted by Gasteiger charge is 2.29. The fraction of sp³-hybridized carbons (Fsp3) is 0.571. The summed E-state index contributed by atoms with van der Waals surface area (Å²) >= 11 is 1.58. The van der Waals surface area contributed by atoms with Crippen molar-refractivity contribution in [3.05, 3.63) is 34.0 Å². The highest BCUT2D eigenvalue weighted by molar-refractivity contribution is 7.89. The standard InChI is InChI=1S/C14H20N4O3S2/c1-3-23(19,20)17-6-13-4-5-15-18(13)8-14(7-17)21-9-12-10-22-11(2)16-12/h4-5,10,14H,3,6-9H2,1-2H3. The number of aromatic nitrogens is 3. The highest BCUT2D eigenvalue weighted by Crippen LogP contribution is 2.18. The molecule has 1 aliphatic heterocycles. The predicted molar refractivity (Wildman–Crippen MR) is 87.5 cm³/mol. The van der Waals surface area contributed by atoms with Crippen LogP contribution < -0.4 is 0 Å². The number of rotatable bonds is 5. The summed E-state index contributed by atoms with van der Waals surface area (Å²) in [6.45, 7) is 5.21. The molecule has 1 aliphatic rings. The first-order chi connectivity index (χ1) is 11.0. The SMILES string of the molecule is CCS(=O)(=O)N1Cc2ccnn2CC(OCc2csc(C)n2)C1. The van der Waals surface area contributed by atoms with Crippen LogP contribution in [-0.2, 0) is 34.5 Å². The first-order valence-electron chi connectivity index (χ1n) is 7.49. The zero-order valence-corrected chi connectivity index (χ0v) is 14.8. The van der Waals surface area contributed by atoms with Gasteiger partial charge in [0.2, 0.25) is 10.0 Å². The molecule has 0 saturated carbocycles. The van der Waals surface area contributed by atoms with Crippen LogP contribution in [0, 0.1) is 6.92 Å². The van der Waals surface area contributed by atoms with Gasteiger partial charge in [0.25, 0.3) is 0 Å². The van der Waals surface area contributed by atoms with Gasteiger partial charge in [-0.15, -0.1) is 11.3 Å². The molecular weight excluding hydrogens is 336 g/mol. The van der Waals surface area contributed by atoms with Crippen molar-refractivity contribution in [2.45, 2.75) is 39.6 Å². The van der Waals surface area contributed by atoms with Gasteiger partial charge < -0.3 is 4.74 Å². The molecule has 2 aromatic rings. The van der Waals surface area contributed by atoms with Crippen molar-refractivity contribution >= 4 is 21.4 Å². The molecule has 1 atom stereocenters. The number of fused-ring (bicyclic) bond motifs is 1. The summed E-state index contributed by atoms with van der Waals surface area (Å²) in [5.74, 6) is 0.0825. The number of ether oxygens (including phenoxy) is 1. The van der Waals surface area contributed by atoms with Gasteiger partial charge in [0, 0.05) is 18.1 Å². The van der Waals surface area contributed by atoms with Crippen LogP contribution >= 0.6 is 11.3 Å². The first-order valence-corrected chi connectivity index (χ1v) is 9.98. The molecule has 1 unspecified atom stereocenters. The van der Waals surface area contributed by atoms with E-state index >= 15 is 0 Å². The van der Waals surface area contributed by atoms with Gasteiger partial charge in [0.05, 0.1) is 47.9 Å². The number of hydrogen-bond acceptors (Lipinski definition) is 6. The summed E-state index contributed by atoms with van der Waals surface area (Å²) in [7, 11) is -3.28. The second-order valence-corrected chi connectivity index (χ2v) is 8.81. The number of aryl methyl sites for hydroxylation is 1. The maximum atomic E-state index is 12.3. The van der Waals surface area contributed by atoms with E-state index in [4.69, 9.17) is 4.74 Å². The molecule has 0 aliphatic carbocycles. The van der Waals surface area contributed by atoms with Crippen LogP contribution in [-0.4, -0.2) is 45.9 Å². The number of hydrogen-bond donors (Lipinski definition) is 0. The topological polar surface area (TPSA) is 77.3 Å². The summed E-state index contributed by atoms with van der Waals surface area (Å²) in [5.41, 5.74) is 1.76. The summed E-state index contributed by atoms with van der Waals surface area (Å²) in [6.07, 6.45) is 1.44. The zero-order valence-electron chi connectivity index (χ0n) is 13.2. The van der Waals surface area contributed by atoms with Crippen LogP contribution in [0.2, 0.25) is 0 Å². The molecule has 9 heteroatoms. The van der Waals surface area contributed by atoms with Gasteiger partial charge >= 0.3 is 0 Å². The van der Waals surface area contributed by atoms with E-state index in [-0.39, 0.29) is 11.9 Å². The van der Waals surface area contributed by atoms with E-state index < -0.39 is 10.0 Å². The Morgan fingerprint density at radius 3 is 2.96 bits per heavy atom. The summed E-state index contributed by atoms with van der Waals surface area (Å²) in [6, 6.07) is 1.85. The van der Waals surface area contributed by atoms with Crippen LogP contribution in [0.5, 0.6) is 0 Å². The van der Waals surface area contributed by atoms with Gasteiger partial charge in [-0.05, 0) is 19.9 Å². The molecule has 0 aromatic carbocycles. The minimum atomic E-state index is -3.28. The lowest BCUT2D eigenvalue weighted by molar-refractivity contribution is 0.0191. The maximum absolute atomic E-state index is 12.3. The van der Waals surface area contributed by atoms with E-state index in [0.717, 1.165) is 16.4 Å². The van der Waals surface area contributed by atoms with Gasteiger partial charge in [0.15, 0.2) is 0 Å². The van der Waals surface area contributed by atoms with Crippen molar-refractivity contribution in [1.82, 2.24) is 19.1 Å². The predicted octanol–water partition coefficient (Wildman–Crippen LogP) is 1.40. The Labute approximate surface area is 140 Å². The van der Waals surface area contributed by atoms with Crippen LogP contribution in [0.1, 0.15) is 23.3 Å². The van der Waals surface area contributed by atoms with Gasteiger partial charge in [-0.25, -0.2) is 13.4 Å². The van der Waals surface area contributed by atoms with Gasteiger partial charge in [-0.3, -0.25) is 4.68 Å². The van der Waals surface area contributed by atoms with E-state index in [0.29, 0.717) is 26.2 Å². The second-order valence-electron chi connectivity index (χ2n) is 5.49. The molecule has 0 saturated heterocycles. The fourth-order valence-corrected chi connectivity index (χ4v) is 4.24. The Morgan fingerprint density at radius 1 is 1.43 bits per heavy atom. The van der Waals surface area contributed by atoms with E-state index in [1.54, 1.807) is 24.5 Å². The van der Waals surface area contributed by atoms with E-state index in [1.165, 1.54) is 4.31 Å². The van der Waals surface area contributed by atoms with E-state index in [2.05, 4.69) is 10.1 Å². The highest BCUT2D eigenvalue weighted by atomic mass is 32.2. The minimum Gasteiger partial charge on any atom is -0.369 e. The average Bonchev–Trinajstić information content (AvgIpc) is 3.09. The summed E-state index contributed by atoms with van der Waals surface area (Å²) in [5, 5.41) is 7.23. The molecule has 0 N–H and O–H groups in total. The lowest BCUT2D eigenvalue weighted by Gasteiger charge is -2.23. The van der Waals surface area contributed by atoms with Crippen molar-refractivity contribution in [3.8, 4) is 0 Å². The fourth-order valence-electron chi connectivity index (χ4n) is 2.56. The molecule has 126 valence electrons. The number of thiazole rings is 1. The average molecular weight is 356 g/mol. The lowest BCUT2D eigenvalue weighted by atomic mass is 10.3. The smallest absolute Gasteiger partial charge is 0.214 e. The first kappa shape index (κ1) is 16.6. The molecule has 2 aromatic heterocycles. The molecule has 3 rings (SSSR count). The normalized spacial score (nSPS) is 19.5. The van der Waals surface area contributed by atoms with Crippen molar-refractivity contribution in [1.29, 1.82) is 0 Å². The number of sulfonamides is 1. The molecule has 0 bridgehead atoms. The molecule has 3 heterocycles. The van der Waals surface area contributed by atoms with E-state index in [9.17, 15) is 8.42 Å². The maximum Gasteiger partial charge on any atom is 0.214 e. The molecule has 0 fully saturated rings. The molecule has 0 spiro atoms. The third kappa shape index (κ3) is 3.79. The lowest BCUT2D eigenvalue weighted by Crippen LogP contribution is -2.38. The Balaban J connectivity index is 1.76. The minimum absolute atomic E-state index is 0.0825. The van der Waals surface area contributed by atoms with E-state index in [1.807, 2.05) is 23.1 Å². The van der Waals surface area contributed by atoms with Crippen molar-refractivity contribution in [3.63, 3.8) is 0 Å². The molecule has 0 radical (unpaired) electrons. The zero-order chi connectivity index (χ0) is 16.4. The van der Waals surface area contributed by atoms with Gasteiger partial charge in [0.1, 0.15) is 0 Å². The Morgan fingerprint density at radius 2 is 2.26 bits per heavy atom. The third-order valence-corrected chi connectivity index (χ3v) is 6.44. The molecule has 0 amide bonds. The Hall–Kier alpha value is -1.29. The number of nitrogens with zero attached hydrogens (tertiary/aromatic N) is 4. The third-order valence-electron chi connectivity index (χ3n) is 3.82. The second kappa shape index (κ2) is 6.68. The van der Waals surface area contributed by atoms with Crippen molar-refractivity contribution < 1.29 is 13.2 Å². The van der Waals surface area contributed by atoms with Crippen molar-refractivity contribution in [2.75, 3.05) is 12.3 Å². The van der Waals surface area contributed by atoms with Crippen LogP contribution in [0.15, 0.2) is 17.6 Å². The molecule has 7 nitrogen and oxygen atoms in total. The van der Waals surface area contributed by atoms with Crippen LogP contribution in [0.3, 0.4) is 0 Å². The molecular formula is C14H20N4O3S2. The molecule has 23 heavy (non-hydrogen) atoms. The summed E-state index contributed by atoms with van der Waals surface area (Å²) in [4.78, 5) is 4.38. The van der Waals surface area contributed by atoms with Crippen molar-refractivity contribution in [2.24, 2.45) is 0 Å². The van der Waals surface area contributed by atoms with Gasteiger partial charge in [-0.1, -0.05) is 0 Å². The Kier molecular flexibility index (Phi) is 4.81.